The summed E-state index contributed by atoms with van der Waals surface area (Å²) in [5, 5.41) is 15.1. The molecule has 1 saturated carbocycles. The average molecular weight is 495 g/mol. The molecule has 3 heterocycles. The molecule has 6 nitrogen and oxygen atoms in total. The van der Waals surface area contributed by atoms with E-state index in [0.717, 1.165) is 35.7 Å². The van der Waals surface area contributed by atoms with Gasteiger partial charge in [-0.25, -0.2) is 4.98 Å². The summed E-state index contributed by atoms with van der Waals surface area (Å²) in [5.74, 6) is -1.02. The van der Waals surface area contributed by atoms with Gasteiger partial charge in [-0.15, -0.1) is 0 Å². The van der Waals surface area contributed by atoms with E-state index in [4.69, 9.17) is 10.1 Å². The monoisotopic (exact) mass is 494 g/mol. The molecule has 2 aromatic heterocycles. The molecule has 1 aliphatic carbocycles. The molecule has 0 aromatic carbocycles. The highest BCUT2D eigenvalue weighted by atomic mass is 19.4. The number of fused-ring (bicyclic) bond motifs is 1. The zero-order valence-corrected chi connectivity index (χ0v) is 21.3. The lowest BCUT2D eigenvalue weighted by Gasteiger charge is -2.44. The Balaban J connectivity index is 1.76. The van der Waals surface area contributed by atoms with Gasteiger partial charge < -0.3 is 10.0 Å². The van der Waals surface area contributed by atoms with Crippen molar-refractivity contribution in [2.45, 2.75) is 91.2 Å². The Kier molecular flexibility index (Phi) is 6.83. The Bertz CT molecular complexity index is 1090. The van der Waals surface area contributed by atoms with Crippen LogP contribution in [0.15, 0.2) is 6.07 Å². The maximum Gasteiger partial charge on any atom is 0.391 e. The van der Waals surface area contributed by atoms with Gasteiger partial charge in [-0.2, -0.15) is 22.8 Å². The number of nitrogens with zero attached hydrogens (tertiary/aromatic N) is 4. The lowest BCUT2D eigenvalue weighted by molar-refractivity contribution is -0.182. The van der Waals surface area contributed by atoms with Gasteiger partial charge in [0, 0.05) is 36.3 Å². The fraction of sp³-hybridized carbons (Fsp3) is 0.731. The molecule has 0 bridgehead atoms. The first-order chi connectivity index (χ1) is 16.3. The van der Waals surface area contributed by atoms with Crippen molar-refractivity contribution in [1.82, 2.24) is 14.6 Å². The number of carbonyl (C=O) groups is 1. The van der Waals surface area contributed by atoms with E-state index in [1.807, 2.05) is 31.4 Å². The number of aryl methyl sites for hydroxylation is 1. The molecule has 2 aromatic rings. The number of hydrogen-bond donors (Lipinski definition) is 1. The van der Waals surface area contributed by atoms with Crippen LogP contribution in [0.5, 0.6) is 0 Å². The predicted molar refractivity (Wildman–Crippen MR) is 129 cm³/mol. The highest BCUT2D eigenvalue weighted by Crippen LogP contribution is 2.44. The Morgan fingerprint density at radius 1 is 1.17 bits per heavy atom. The summed E-state index contributed by atoms with van der Waals surface area (Å²) in [4.78, 5) is 19.4. The van der Waals surface area contributed by atoms with Gasteiger partial charge in [-0.05, 0) is 57.3 Å². The maximum absolute atomic E-state index is 13.2. The fourth-order valence-corrected chi connectivity index (χ4v) is 6.19. The first-order valence-corrected chi connectivity index (χ1v) is 12.8. The summed E-state index contributed by atoms with van der Waals surface area (Å²) in [6.07, 6.45) is -1.57. The van der Waals surface area contributed by atoms with E-state index in [1.54, 1.807) is 0 Å². The number of carboxylic acids is 1. The van der Waals surface area contributed by atoms with Gasteiger partial charge >= 0.3 is 12.1 Å². The molecule has 1 atom stereocenters. The molecule has 0 unspecified atom stereocenters. The van der Waals surface area contributed by atoms with E-state index < -0.39 is 23.5 Å². The van der Waals surface area contributed by atoms with Crippen LogP contribution < -0.4 is 4.90 Å². The quantitative estimate of drug-likeness (QED) is 0.526. The van der Waals surface area contributed by atoms with Crippen LogP contribution >= 0.6 is 0 Å². The topological polar surface area (TPSA) is 70.7 Å². The normalized spacial score (nSPS) is 26.2. The molecule has 1 N–H and O–H groups in total. The summed E-state index contributed by atoms with van der Waals surface area (Å²) >= 11 is 0. The molecular weight excluding hydrogens is 457 g/mol. The second kappa shape index (κ2) is 9.28. The summed E-state index contributed by atoms with van der Waals surface area (Å²) in [5.41, 5.74) is 2.53. The third-order valence-electron chi connectivity index (χ3n) is 8.36. The average Bonchev–Trinajstić information content (AvgIpc) is 3.20. The summed E-state index contributed by atoms with van der Waals surface area (Å²) in [6, 6.07) is 1.91. The summed E-state index contributed by atoms with van der Waals surface area (Å²) in [6.45, 7) is 11.2. The molecule has 194 valence electrons. The summed E-state index contributed by atoms with van der Waals surface area (Å²) in [7, 11) is 0. The number of halogens is 3. The van der Waals surface area contributed by atoms with E-state index in [9.17, 15) is 23.1 Å². The van der Waals surface area contributed by atoms with Crippen LogP contribution in [0, 0.1) is 24.2 Å². The van der Waals surface area contributed by atoms with Gasteiger partial charge in [-0.3, -0.25) is 4.79 Å². The van der Waals surface area contributed by atoms with Crippen molar-refractivity contribution in [3.63, 3.8) is 0 Å². The van der Waals surface area contributed by atoms with E-state index in [0.29, 0.717) is 31.5 Å². The Hall–Kier alpha value is -2.32. The van der Waals surface area contributed by atoms with E-state index in [1.165, 1.54) is 0 Å². The van der Waals surface area contributed by atoms with Gasteiger partial charge in [0.25, 0.3) is 0 Å². The number of carboxylic acid groups (broad SMARTS) is 1. The number of aromatic nitrogens is 3. The Morgan fingerprint density at radius 2 is 1.83 bits per heavy atom. The highest BCUT2D eigenvalue weighted by Gasteiger charge is 2.46. The standard InChI is InChI=1S/C26H37F3N4O2/c1-15(2)22-17(5)30-21-13-20(18-7-9-19(10-8-18)26(27,28)29)31-33(21)23(22)32-12-6-11-25(14-32,16(3)4)24(34)35/h13,15-16,18-19H,6-12,14H2,1-5H3,(H,34,35)/t18-,19-,25-/m0/s1. The zero-order valence-electron chi connectivity index (χ0n) is 21.3. The van der Waals surface area contributed by atoms with Crippen LogP contribution in [-0.4, -0.2) is 44.9 Å². The van der Waals surface area contributed by atoms with Gasteiger partial charge in [0.15, 0.2) is 5.65 Å². The van der Waals surface area contributed by atoms with Crippen LogP contribution in [0.1, 0.15) is 95.0 Å². The third kappa shape index (κ3) is 4.62. The number of anilines is 1. The lowest BCUT2D eigenvalue weighted by atomic mass is 9.71. The third-order valence-corrected chi connectivity index (χ3v) is 8.36. The molecule has 0 radical (unpaired) electrons. The Labute approximate surface area is 204 Å². The smallest absolute Gasteiger partial charge is 0.391 e. The van der Waals surface area contributed by atoms with Crippen molar-refractivity contribution in [3.05, 3.63) is 23.0 Å². The second-order valence-electron chi connectivity index (χ2n) is 11.2. The number of aliphatic carboxylic acids is 1. The van der Waals surface area contributed by atoms with Crippen molar-refractivity contribution in [1.29, 1.82) is 0 Å². The minimum absolute atomic E-state index is 0.0268. The molecule has 2 fully saturated rings. The molecule has 35 heavy (non-hydrogen) atoms. The first-order valence-electron chi connectivity index (χ1n) is 12.8. The first kappa shape index (κ1) is 25.8. The van der Waals surface area contributed by atoms with E-state index >= 15 is 0 Å². The van der Waals surface area contributed by atoms with Crippen molar-refractivity contribution >= 4 is 17.4 Å². The number of rotatable bonds is 5. The van der Waals surface area contributed by atoms with Crippen LogP contribution in [0.4, 0.5) is 19.0 Å². The van der Waals surface area contributed by atoms with Crippen LogP contribution in [0.25, 0.3) is 5.65 Å². The van der Waals surface area contributed by atoms with Crippen molar-refractivity contribution < 1.29 is 23.1 Å². The van der Waals surface area contributed by atoms with Crippen molar-refractivity contribution in [3.8, 4) is 0 Å². The van der Waals surface area contributed by atoms with Gasteiger partial charge in [0.2, 0.25) is 0 Å². The number of alkyl halides is 3. The minimum Gasteiger partial charge on any atom is -0.481 e. The maximum atomic E-state index is 13.2. The second-order valence-corrected chi connectivity index (χ2v) is 11.2. The van der Waals surface area contributed by atoms with Crippen LogP contribution in [-0.2, 0) is 4.79 Å². The van der Waals surface area contributed by atoms with Crippen LogP contribution in [0.2, 0.25) is 0 Å². The van der Waals surface area contributed by atoms with Crippen molar-refractivity contribution in [2.75, 3.05) is 18.0 Å². The lowest BCUT2D eigenvalue weighted by Crippen LogP contribution is -2.51. The Morgan fingerprint density at radius 3 is 2.37 bits per heavy atom. The minimum atomic E-state index is -4.14. The summed E-state index contributed by atoms with van der Waals surface area (Å²) < 4.78 is 41.3. The van der Waals surface area contributed by atoms with Gasteiger partial charge in [0.05, 0.1) is 17.0 Å². The molecule has 1 saturated heterocycles. The number of piperidine rings is 1. The highest BCUT2D eigenvalue weighted by molar-refractivity contribution is 5.76. The number of hydrogen-bond acceptors (Lipinski definition) is 4. The zero-order chi connectivity index (χ0) is 25.7. The molecular formula is C26H37F3N4O2. The molecule has 0 spiro atoms. The fourth-order valence-electron chi connectivity index (χ4n) is 6.19. The van der Waals surface area contributed by atoms with Crippen molar-refractivity contribution in [2.24, 2.45) is 17.3 Å². The predicted octanol–water partition coefficient (Wildman–Crippen LogP) is 6.32. The largest absolute Gasteiger partial charge is 0.481 e. The SMILES string of the molecule is Cc1nc2cc([C@H]3CC[C@H](C(F)(F)F)CC3)nn2c(N2CCC[C@@](C(=O)O)(C(C)C)C2)c1C(C)C. The van der Waals surface area contributed by atoms with E-state index in [2.05, 4.69) is 18.7 Å². The molecule has 0 amide bonds. The molecule has 2 aliphatic rings. The molecule has 4 rings (SSSR count). The van der Waals surface area contributed by atoms with Gasteiger partial charge in [-0.1, -0.05) is 27.7 Å². The van der Waals surface area contributed by atoms with E-state index in [-0.39, 0.29) is 30.6 Å². The van der Waals surface area contributed by atoms with Gasteiger partial charge in [0.1, 0.15) is 5.82 Å². The molecule has 9 heteroatoms. The van der Waals surface area contributed by atoms with Crippen LogP contribution in [0.3, 0.4) is 0 Å². The molecule has 1 aliphatic heterocycles.